The summed E-state index contributed by atoms with van der Waals surface area (Å²) < 4.78 is 6.28. The lowest BCUT2D eigenvalue weighted by atomic mass is 9.85. The molecule has 1 fully saturated rings. The molecule has 1 aromatic heterocycles. The number of amides is 1. The second-order valence-corrected chi connectivity index (χ2v) is 6.41. The predicted molar refractivity (Wildman–Crippen MR) is 80.2 cm³/mol. The van der Waals surface area contributed by atoms with E-state index in [0.29, 0.717) is 29.4 Å². The Morgan fingerprint density at radius 2 is 2.45 bits per heavy atom. The maximum atomic E-state index is 12.5. The Kier molecular flexibility index (Phi) is 3.41. The molecule has 2 atom stereocenters. The number of nitrogens with one attached hydrogen (secondary N) is 1. The molecule has 2 heterocycles. The van der Waals surface area contributed by atoms with Gasteiger partial charge in [-0.25, -0.2) is 4.98 Å². The predicted octanol–water partition coefficient (Wildman–Crippen LogP) is 2.25. The molecule has 1 aliphatic rings. The molecule has 0 bridgehead atoms. The van der Waals surface area contributed by atoms with E-state index in [2.05, 4.69) is 10.3 Å². The molecule has 2 aromatic rings. The minimum atomic E-state index is -0.748. The number of anilines is 1. The summed E-state index contributed by atoms with van der Waals surface area (Å²) in [6.07, 6.45) is 0. The number of halogens is 1. The van der Waals surface area contributed by atoms with Crippen LogP contribution in [0.2, 0.25) is 5.02 Å². The molecule has 0 spiro atoms. The third-order valence-corrected chi connectivity index (χ3v) is 4.84. The standard InChI is InChI=1S/C13H14ClN3O2S/c1-13(5-19-4-9(13)15)12(18)17-10-7(14)2-3-8-11(10)16-6-20-8/h2-3,6,9H,4-5,15H2,1H3,(H,17,18). The van der Waals surface area contributed by atoms with Crippen LogP contribution in [0.15, 0.2) is 17.6 Å². The number of hydrogen-bond acceptors (Lipinski definition) is 5. The van der Waals surface area contributed by atoms with Gasteiger partial charge < -0.3 is 15.8 Å². The van der Waals surface area contributed by atoms with Crippen molar-refractivity contribution in [3.8, 4) is 0 Å². The van der Waals surface area contributed by atoms with Crippen molar-refractivity contribution in [2.45, 2.75) is 13.0 Å². The fourth-order valence-electron chi connectivity index (χ4n) is 2.20. The number of carbonyl (C=O) groups excluding carboxylic acids is 1. The van der Waals surface area contributed by atoms with Crippen LogP contribution in [0.5, 0.6) is 0 Å². The topological polar surface area (TPSA) is 77.2 Å². The SMILES string of the molecule is CC1(C(=O)Nc2c(Cl)ccc3scnc23)COCC1N. The van der Waals surface area contributed by atoms with E-state index in [1.54, 1.807) is 18.5 Å². The van der Waals surface area contributed by atoms with Gasteiger partial charge in [0.05, 0.1) is 39.5 Å². The normalized spacial score (nSPS) is 26.1. The Bertz CT molecular complexity index is 675. The van der Waals surface area contributed by atoms with E-state index in [4.69, 9.17) is 22.1 Å². The molecule has 1 amide bonds. The number of ether oxygens (including phenoxy) is 1. The van der Waals surface area contributed by atoms with E-state index in [0.717, 1.165) is 4.70 Å². The van der Waals surface area contributed by atoms with Crippen molar-refractivity contribution in [1.82, 2.24) is 4.98 Å². The van der Waals surface area contributed by atoms with Crippen molar-refractivity contribution in [1.29, 1.82) is 0 Å². The summed E-state index contributed by atoms with van der Waals surface area (Å²) in [5.41, 5.74) is 8.18. The Hall–Kier alpha value is -1.21. The number of rotatable bonds is 2. The molecule has 3 rings (SSSR count). The highest BCUT2D eigenvalue weighted by Gasteiger charge is 2.44. The number of fused-ring (bicyclic) bond motifs is 1. The zero-order chi connectivity index (χ0) is 14.3. The van der Waals surface area contributed by atoms with Crippen molar-refractivity contribution in [3.63, 3.8) is 0 Å². The lowest BCUT2D eigenvalue weighted by Gasteiger charge is -2.25. The monoisotopic (exact) mass is 311 g/mol. The highest BCUT2D eigenvalue weighted by Crippen LogP contribution is 2.35. The zero-order valence-corrected chi connectivity index (χ0v) is 12.4. The van der Waals surface area contributed by atoms with Crippen LogP contribution in [0.1, 0.15) is 6.92 Å². The summed E-state index contributed by atoms with van der Waals surface area (Å²) in [6, 6.07) is 3.32. The number of benzene rings is 1. The lowest BCUT2D eigenvalue weighted by molar-refractivity contribution is -0.125. The molecule has 20 heavy (non-hydrogen) atoms. The molecule has 7 heteroatoms. The van der Waals surface area contributed by atoms with E-state index in [1.807, 2.05) is 6.07 Å². The molecule has 0 saturated carbocycles. The third-order valence-electron chi connectivity index (χ3n) is 3.73. The van der Waals surface area contributed by atoms with Gasteiger partial charge in [0.2, 0.25) is 5.91 Å². The Morgan fingerprint density at radius 1 is 1.65 bits per heavy atom. The van der Waals surface area contributed by atoms with Crippen LogP contribution in [0, 0.1) is 5.41 Å². The smallest absolute Gasteiger partial charge is 0.234 e. The molecular weight excluding hydrogens is 298 g/mol. The van der Waals surface area contributed by atoms with Crippen LogP contribution in [0.25, 0.3) is 10.2 Å². The van der Waals surface area contributed by atoms with Crippen LogP contribution < -0.4 is 11.1 Å². The van der Waals surface area contributed by atoms with Crippen molar-refractivity contribution >= 4 is 44.7 Å². The van der Waals surface area contributed by atoms with Gasteiger partial charge in [0.25, 0.3) is 0 Å². The Labute approximate surface area is 125 Å². The quantitative estimate of drug-likeness (QED) is 0.892. The summed E-state index contributed by atoms with van der Waals surface area (Å²) >= 11 is 7.68. The summed E-state index contributed by atoms with van der Waals surface area (Å²) in [6.45, 7) is 2.50. The number of thiazole rings is 1. The molecule has 0 radical (unpaired) electrons. The average molecular weight is 312 g/mol. The first-order chi connectivity index (χ1) is 9.52. The van der Waals surface area contributed by atoms with Crippen LogP contribution in [-0.2, 0) is 9.53 Å². The summed E-state index contributed by atoms with van der Waals surface area (Å²) in [4.78, 5) is 16.8. The summed E-state index contributed by atoms with van der Waals surface area (Å²) in [7, 11) is 0. The van der Waals surface area contributed by atoms with E-state index >= 15 is 0 Å². The van der Waals surface area contributed by atoms with E-state index in [1.165, 1.54) is 11.3 Å². The van der Waals surface area contributed by atoms with Crippen molar-refractivity contribution in [2.75, 3.05) is 18.5 Å². The number of hydrogen-bond donors (Lipinski definition) is 2. The highest BCUT2D eigenvalue weighted by molar-refractivity contribution is 7.16. The summed E-state index contributed by atoms with van der Waals surface area (Å²) in [5.74, 6) is -0.190. The number of aromatic nitrogens is 1. The molecule has 1 aromatic carbocycles. The van der Waals surface area contributed by atoms with Crippen LogP contribution in [-0.4, -0.2) is 30.1 Å². The van der Waals surface area contributed by atoms with Gasteiger partial charge in [0.15, 0.2) is 0 Å². The second kappa shape index (κ2) is 4.96. The van der Waals surface area contributed by atoms with E-state index in [9.17, 15) is 4.79 Å². The Balaban J connectivity index is 1.95. The van der Waals surface area contributed by atoms with Crippen molar-refractivity contribution in [3.05, 3.63) is 22.7 Å². The van der Waals surface area contributed by atoms with Gasteiger partial charge in [0.1, 0.15) is 5.52 Å². The van der Waals surface area contributed by atoms with Gasteiger partial charge in [-0.05, 0) is 19.1 Å². The van der Waals surface area contributed by atoms with Crippen LogP contribution in [0.3, 0.4) is 0 Å². The highest BCUT2D eigenvalue weighted by atomic mass is 35.5. The molecule has 1 saturated heterocycles. The van der Waals surface area contributed by atoms with Gasteiger partial charge in [-0.2, -0.15) is 0 Å². The lowest BCUT2D eigenvalue weighted by Crippen LogP contribution is -2.47. The summed E-state index contributed by atoms with van der Waals surface area (Å²) in [5, 5.41) is 3.33. The Morgan fingerprint density at radius 3 is 3.15 bits per heavy atom. The van der Waals surface area contributed by atoms with Crippen LogP contribution >= 0.6 is 22.9 Å². The van der Waals surface area contributed by atoms with Gasteiger partial charge >= 0.3 is 0 Å². The minimum absolute atomic E-state index is 0.190. The van der Waals surface area contributed by atoms with Gasteiger partial charge in [-0.1, -0.05) is 11.6 Å². The van der Waals surface area contributed by atoms with Crippen LogP contribution in [0.4, 0.5) is 5.69 Å². The first-order valence-corrected chi connectivity index (χ1v) is 7.44. The maximum Gasteiger partial charge on any atom is 0.234 e. The number of carbonyl (C=O) groups is 1. The fraction of sp³-hybridized carbons (Fsp3) is 0.385. The average Bonchev–Trinajstić information content (AvgIpc) is 3.01. The van der Waals surface area contributed by atoms with Gasteiger partial charge in [-0.3, -0.25) is 4.79 Å². The largest absolute Gasteiger partial charge is 0.379 e. The number of nitrogens with two attached hydrogens (primary N) is 1. The van der Waals surface area contributed by atoms with Gasteiger partial charge in [0, 0.05) is 6.04 Å². The molecule has 5 nitrogen and oxygen atoms in total. The van der Waals surface area contributed by atoms with Crippen molar-refractivity contribution < 1.29 is 9.53 Å². The van der Waals surface area contributed by atoms with E-state index < -0.39 is 5.41 Å². The molecule has 3 N–H and O–H groups in total. The van der Waals surface area contributed by atoms with Gasteiger partial charge in [-0.15, -0.1) is 11.3 Å². The zero-order valence-electron chi connectivity index (χ0n) is 10.9. The molecular formula is C13H14ClN3O2S. The second-order valence-electron chi connectivity index (χ2n) is 5.11. The molecule has 106 valence electrons. The van der Waals surface area contributed by atoms with Crippen molar-refractivity contribution in [2.24, 2.45) is 11.1 Å². The van der Waals surface area contributed by atoms with E-state index in [-0.39, 0.29) is 11.9 Å². The molecule has 2 unspecified atom stereocenters. The maximum absolute atomic E-state index is 12.5. The first kappa shape index (κ1) is 13.8. The molecule has 0 aliphatic carbocycles. The fourth-order valence-corrected chi connectivity index (χ4v) is 3.09. The molecule has 1 aliphatic heterocycles. The number of nitrogens with zero attached hydrogens (tertiary/aromatic N) is 1. The first-order valence-electron chi connectivity index (χ1n) is 6.19. The minimum Gasteiger partial charge on any atom is -0.379 e. The third kappa shape index (κ3) is 2.09.